The van der Waals surface area contributed by atoms with Crippen molar-refractivity contribution >= 4 is 34.7 Å². The predicted octanol–water partition coefficient (Wildman–Crippen LogP) is 11.7. The maximum absolute atomic E-state index is 2.21. The van der Waals surface area contributed by atoms with E-state index in [-0.39, 0.29) is 0 Å². The molecule has 0 amide bonds. The Balaban J connectivity index is 1.13. The van der Waals surface area contributed by atoms with Gasteiger partial charge in [-0.2, -0.15) is 0 Å². The first-order valence-corrected chi connectivity index (χ1v) is 15.7. The zero-order valence-corrected chi connectivity index (χ0v) is 26.1. The normalized spacial score (nSPS) is 11.0. The highest BCUT2D eigenvalue weighted by Gasteiger charge is 2.06. The summed E-state index contributed by atoms with van der Waals surface area (Å²) in [6, 6.07) is 59.5. The van der Waals surface area contributed by atoms with E-state index < -0.39 is 0 Å². The van der Waals surface area contributed by atoms with Crippen molar-refractivity contribution in [2.45, 2.75) is 0 Å². The van der Waals surface area contributed by atoms with Crippen LogP contribution in [0, 0.1) is 0 Å². The Hall–Kier alpha value is -5.92. The Morgan fingerprint density at radius 1 is 0.370 bits per heavy atom. The average molecular weight is 592 g/mol. The van der Waals surface area contributed by atoms with E-state index in [2.05, 4.69) is 218 Å². The molecule has 0 saturated carbocycles. The zero-order chi connectivity index (χ0) is 31.4. The van der Waals surface area contributed by atoms with Gasteiger partial charge in [0.15, 0.2) is 0 Å². The lowest BCUT2D eigenvalue weighted by atomic mass is 9.97. The number of rotatable bonds is 10. The third-order valence-corrected chi connectivity index (χ3v) is 8.00. The molecule has 0 N–H and O–H groups in total. The number of hydrogen-bond acceptors (Lipinski definition) is 1. The summed E-state index contributed by atoms with van der Waals surface area (Å²) >= 11 is 0. The molecule has 0 unspecified atom stereocenters. The van der Waals surface area contributed by atoms with E-state index in [1.165, 1.54) is 33.4 Å². The molecule has 1 nitrogen and oxygen atoms in total. The third-order valence-electron chi connectivity index (χ3n) is 8.00. The van der Waals surface area contributed by atoms with Crippen LogP contribution in [0.3, 0.4) is 0 Å². The van der Waals surface area contributed by atoms with Crippen LogP contribution in [0.1, 0.15) is 33.4 Å². The van der Waals surface area contributed by atoms with Crippen molar-refractivity contribution in [3.05, 3.63) is 228 Å². The van der Waals surface area contributed by atoms with Crippen LogP contribution in [0.2, 0.25) is 0 Å². The summed E-state index contributed by atoms with van der Waals surface area (Å²) in [4.78, 5) is 2.21. The van der Waals surface area contributed by atoms with E-state index in [9.17, 15) is 0 Å². The van der Waals surface area contributed by atoms with Crippen LogP contribution in [0.4, 0.5) is 11.4 Å². The molecule has 0 aliphatic carbocycles. The quantitative estimate of drug-likeness (QED) is 0.143. The Morgan fingerprint density at radius 2 is 0.652 bits per heavy atom. The second-order valence-electron chi connectivity index (χ2n) is 11.1. The maximum atomic E-state index is 2.21. The Bertz CT molecular complexity index is 1700. The fraction of sp³-hybridized carbons (Fsp3) is 0.0222. The predicted molar refractivity (Wildman–Crippen MR) is 199 cm³/mol. The van der Waals surface area contributed by atoms with Crippen LogP contribution in [0.15, 0.2) is 194 Å². The van der Waals surface area contributed by atoms with Gasteiger partial charge in [-0.3, -0.25) is 0 Å². The highest BCUT2D eigenvalue weighted by Crippen LogP contribution is 2.27. The van der Waals surface area contributed by atoms with E-state index >= 15 is 0 Å². The second-order valence-corrected chi connectivity index (χ2v) is 11.1. The number of anilines is 2. The first kappa shape index (κ1) is 30.1. The van der Waals surface area contributed by atoms with Gasteiger partial charge in [0.1, 0.15) is 0 Å². The maximum Gasteiger partial charge on any atom is 0.0408 e. The molecule has 0 aliphatic rings. The summed E-state index contributed by atoms with van der Waals surface area (Å²) in [6.45, 7) is 0. The van der Waals surface area contributed by atoms with Gasteiger partial charge in [-0.25, -0.2) is 0 Å². The lowest BCUT2D eigenvalue weighted by Crippen LogP contribution is -2.08. The van der Waals surface area contributed by atoms with Crippen molar-refractivity contribution in [2.75, 3.05) is 11.9 Å². The SMILES string of the molecule is CN(c1ccc(C=CC=C(c2ccccc2)c2ccccc2)cc1)c1ccc(C=CC=C(c2ccccc2)c2ccccc2)cc1. The molecule has 0 radical (unpaired) electrons. The van der Waals surface area contributed by atoms with Gasteiger partial charge in [-0.1, -0.05) is 182 Å². The van der Waals surface area contributed by atoms with Crippen LogP contribution in [-0.4, -0.2) is 7.05 Å². The fourth-order valence-corrected chi connectivity index (χ4v) is 5.47. The molecule has 0 atom stereocenters. The minimum atomic E-state index is 1.14. The van der Waals surface area contributed by atoms with Crippen molar-refractivity contribution in [3.63, 3.8) is 0 Å². The van der Waals surface area contributed by atoms with Crippen molar-refractivity contribution < 1.29 is 0 Å². The summed E-state index contributed by atoms with van der Waals surface area (Å²) in [6.07, 6.45) is 13.0. The third kappa shape index (κ3) is 7.77. The minimum Gasteiger partial charge on any atom is -0.345 e. The summed E-state index contributed by atoms with van der Waals surface area (Å²) < 4.78 is 0. The molecule has 6 rings (SSSR count). The van der Waals surface area contributed by atoms with E-state index in [0.29, 0.717) is 0 Å². The van der Waals surface area contributed by atoms with Gasteiger partial charge >= 0.3 is 0 Å². The topological polar surface area (TPSA) is 3.24 Å². The molecule has 0 aliphatic heterocycles. The molecule has 1 heteroatoms. The van der Waals surface area contributed by atoms with Crippen LogP contribution >= 0.6 is 0 Å². The lowest BCUT2D eigenvalue weighted by molar-refractivity contribution is 1.21. The summed E-state index contributed by atoms with van der Waals surface area (Å²) in [5, 5.41) is 0. The van der Waals surface area contributed by atoms with Gasteiger partial charge in [-0.15, -0.1) is 0 Å². The summed E-state index contributed by atoms with van der Waals surface area (Å²) in [5.41, 5.74) is 11.8. The molecular formula is C45H37N. The molecule has 0 heterocycles. The molecule has 0 saturated heterocycles. The van der Waals surface area contributed by atoms with Crippen molar-refractivity contribution in [1.82, 2.24) is 0 Å². The second kappa shape index (κ2) is 15.2. The number of hydrogen-bond donors (Lipinski definition) is 0. The number of allylic oxidation sites excluding steroid dienone is 4. The largest absolute Gasteiger partial charge is 0.345 e. The van der Waals surface area contributed by atoms with Gasteiger partial charge in [-0.05, 0) is 68.8 Å². The highest BCUT2D eigenvalue weighted by atomic mass is 15.1. The van der Waals surface area contributed by atoms with Crippen molar-refractivity contribution in [1.29, 1.82) is 0 Å². The first-order valence-electron chi connectivity index (χ1n) is 15.7. The summed E-state index contributed by atoms with van der Waals surface area (Å²) in [5.74, 6) is 0. The van der Waals surface area contributed by atoms with E-state index in [1.54, 1.807) is 0 Å². The van der Waals surface area contributed by atoms with Crippen molar-refractivity contribution in [2.24, 2.45) is 0 Å². The number of nitrogens with zero attached hydrogens (tertiary/aromatic N) is 1. The Kier molecular flexibility index (Phi) is 9.95. The smallest absolute Gasteiger partial charge is 0.0408 e. The lowest BCUT2D eigenvalue weighted by Gasteiger charge is -2.19. The molecular weight excluding hydrogens is 555 g/mol. The molecule has 0 bridgehead atoms. The first-order chi connectivity index (χ1) is 22.7. The molecule has 6 aromatic rings. The zero-order valence-electron chi connectivity index (χ0n) is 26.1. The highest BCUT2D eigenvalue weighted by molar-refractivity contribution is 5.82. The van der Waals surface area contributed by atoms with Gasteiger partial charge in [0.2, 0.25) is 0 Å². The molecule has 0 spiro atoms. The van der Waals surface area contributed by atoms with Crippen LogP contribution in [0.25, 0.3) is 23.3 Å². The van der Waals surface area contributed by atoms with Gasteiger partial charge in [0.25, 0.3) is 0 Å². The Labute approximate surface area is 273 Å². The van der Waals surface area contributed by atoms with E-state index in [1.807, 2.05) is 0 Å². The van der Waals surface area contributed by atoms with Crippen molar-refractivity contribution in [3.8, 4) is 0 Å². The van der Waals surface area contributed by atoms with E-state index in [4.69, 9.17) is 0 Å². The van der Waals surface area contributed by atoms with Gasteiger partial charge in [0.05, 0.1) is 0 Å². The average Bonchev–Trinajstić information content (AvgIpc) is 3.14. The molecule has 0 fully saturated rings. The molecule has 0 aromatic heterocycles. The summed E-state index contributed by atoms with van der Waals surface area (Å²) in [7, 11) is 2.11. The molecule has 46 heavy (non-hydrogen) atoms. The van der Waals surface area contributed by atoms with E-state index in [0.717, 1.165) is 22.5 Å². The molecule has 6 aromatic carbocycles. The standard InChI is InChI=1S/C45H37N/c1-46(42-32-28-36(29-33-42)16-14-26-44(38-18-6-2-7-19-38)39-20-8-3-9-21-39)43-34-30-37(31-35-43)17-15-27-45(40-22-10-4-11-23-40)41-24-12-5-13-25-41/h2-35H,1H3. The Morgan fingerprint density at radius 3 is 0.935 bits per heavy atom. The van der Waals surface area contributed by atoms with Crippen LogP contribution in [0.5, 0.6) is 0 Å². The minimum absolute atomic E-state index is 1.14. The van der Waals surface area contributed by atoms with Crippen LogP contribution in [-0.2, 0) is 0 Å². The van der Waals surface area contributed by atoms with Gasteiger partial charge in [0, 0.05) is 18.4 Å². The number of benzene rings is 6. The molecule has 222 valence electrons. The fourth-order valence-electron chi connectivity index (χ4n) is 5.47. The van der Waals surface area contributed by atoms with Gasteiger partial charge < -0.3 is 4.90 Å². The monoisotopic (exact) mass is 591 g/mol. The van der Waals surface area contributed by atoms with Crippen LogP contribution < -0.4 is 4.90 Å².